The van der Waals surface area contributed by atoms with Crippen LogP contribution in [0.15, 0.2) is 24.3 Å². The highest BCUT2D eigenvalue weighted by atomic mass is 35.5. The van der Waals surface area contributed by atoms with Crippen LogP contribution in [0.1, 0.15) is 40.5 Å². The highest BCUT2D eigenvalue weighted by molar-refractivity contribution is 6.33. The molecule has 4 rings (SSSR count). The number of nitrogens with zero attached hydrogens (tertiary/aromatic N) is 1. The number of likely N-dealkylation sites (tertiary alicyclic amines) is 1. The molecule has 3 heterocycles. The summed E-state index contributed by atoms with van der Waals surface area (Å²) in [6.45, 7) is 7.71. The Morgan fingerprint density at radius 3 is 2.67 bits per heavy atom. The zero-order chi connectivity index (χ0) is 24.1. The van der Waals surface area contributed by atoms with E-state index in [0.717, 1.165) is 6.42 Å². The number of hydrogen-bond acceptors (Lipinski definition) is 5. The van der Waals surface area contributed by atoms with E-state index in [4.69, 9.17) is 16.3 Å². The molecule has 1 aromatic carbocycles. The summed E-state index contributed by atoms with van der Waals surface area (Å²) in [5, 5.41) is 16.1. The molecule has 0 aliphatic carbocycles. The summed E-state index contributed by atoms with van der Waals surface area (Å²) >= 11 is 6.26. The Bertz CT molecular complexity index is 973. The normalized spacial score (nSPS) is 35.5. The Kier molecular flexibility index (Phi) is 6.22. The SMILES string of the molecule is CCCNC(=O)[C@H]1[C@H]2C(=O)N([C@H](C)CO)C(C(=O)Nc3ccccc3Cl)C23CC(C)[C@]1(C)O3. The molecule has 3 fully saturated rings. The van der Waals surface area contributed by atoms with Gasteiger partial charge in [0, 0.05) is 6.54 Å². The number of halogens is 1. The summed E-state index contributed by atoms with van der Waals surface area (Å²) in [7, 11) is 0. The lowest BCUT2D eigenvalue weighted by atomic mass is 9.62. The maximum atomic E-state index is 13.8. The van der Waals surface area contributed by atoms with E-state index in [2.05, 4.69) is 10.6 Å². The topological polar surface area (TPSA) is 108 Å². The summed E-state index contributed by atoms with van der Waals surface area (Å²) in [5.74, 6) is -2.55. The van der Waals surface area contributed by atoms with Gasteiger partial charge in [-0.25, -0.2) is 0 Å². The standard InChI is InChI=1S/C24H32ClN3O5/c1-5-10-26-20(30)17-18-22(32)28(14(3)12-29)19(24(18)11-13(2)23(17,4)33-24)21(31)27-16-9-7-6-8-15(16)25/h6-9,13-14,17-19,29H,5,10-12H2,1-4H3,(H,26,30)(H,27,31)/t13?,14-,17-,18+,19?,23+,24?/m1/s1. The molecule has 0 radical (unpaired) electrons. The van der Waals surface area contributed by atoms with E-state index in [9.17, 15) is 19.5 Å². The Labute approximate surface area is 199 Å². The molecule has 3 aliphatic heterocycles. The number of para-hydroxylation sites is 1. The molecular weight excluding hydrogens is 446 g/mol. The van der Waals surface area contributed by atoms with Gasteiger partial charge in [-0.05, 0) is 44.7 Å². The van der Waals surface area contributed by atoms with Crippen LogP contribution in [0.5, 0.6) is 0 Å². The second-order valence-corrected chi connectivity index (χ2v) is 10.1. The van der Waals surface area contributed by atoms with Crippen molar-refractivity contribution in [2.24, 2.45) is 17.8 Å². The number of carbonyl (C=O) groups is 3. The summed E-state index contributed by atoms with van der Waals surface area (Å²) in [4.78, 5) is 42.2. The van der Waals surface area contributed by atoms with Gasteiger partial charge in [-0.2, -0.15) is 0 Å². The minimum atomic E-state index is -1.16. The van der Waals surface area contributed by atoms with Crippen molar-refractivity contribution in [3.63, 3.8) is 0 Å². The van der Waals surface area contributed by atoms with Gasteiger partial charge in [0.25, 0.3) is 0 Å². The molecule has 8 nitrogen and oxygen atoms in total. The number of anilines is 1. The molecule has 7 atom stereocenters. The highest BCUT2D eigenvalue weighted by Crippen LogP contribution is 2.65. The van der Waals surface area contributed by atoms with Crippen LogP contribution >= 0.6 is 11.6 Å². The Morgan fingerprint density at radius 1 is 1.33 bits per heavy atom. The molecular formula is C24H32ClN3O5. The minimum absolute atomic E-state index is 0.0427. The number of fused-ring (bicyclic) bond motifs is 1. The quantitative estimate of drug-likeness (QED) is 0.558. The van der Waals surface area contributed by atoms with E-state index in [-0.39, 0.29) is 24.3 Å². The number of carbonyl (C=O) groups excluding carboxylic acids is 3. The minimum Gasteiger partial charge on any atom is -0.394 e. The summed E-state index contributed by atoms with van der Waals surface area (Å²) in [5.41, 5.74) is -1.60. The van der Waals surface area contributed by atoms with Crippen molar-refractivity contribution in [3.8, 4) is 0 Å². The number of nitrogens with one attached hydrogen (secondary N) is 2. The Balaban J connectivity index is 1.78. The zero-order valence-corrected chi connectivity index (χ0v) is 20.2. The number of amides is 3. The third-order valence-electron chi connectivity index (χ3n) is 7.70. The maximum Gasteiger partial charge on any atom is 0.250 e. The first-order valence-corrected chi connectivity index (χ1v) is 12.0. The van der Waals surface area contributed by atoms with Crippen LogP contribution in [0.4, 0.5) is 5.69 Å². The molecule has 3 aliphatic rings. The van der Waals surface area contributed by atoms with Crippen LogP contribution in [-0.2, 0) is 19.1 Å². The first-order chi connectivity index (χ1) is 15.6. The van der Waals surface area contributed by atoms with Gasteiger partial charge >= 0.3 is 0 Å². The molecule has 2 bridgehead atoms. The summed E-state index contributed by atoms with van der Waals surface area (Å²) in [6.07, 6.45) is 1.23. The molecule has 1 spiro atoms. The second kappa shape index (κ2) is 8.56. The fraction of sp³-hybridized carbons (Fsp3) is 0.625. The molecule has 0 aromatic heterocycles. The summed E-state index contributed by atoms with van der Waals surface area (Å²) in [6, 6.07) is 5.25. The third kappa shape index (κ3) is 3.45. The average molecular weight is 478 g/mol. The van der Waals surface area contributed by atoms with E-state index in [1.54, 1.807) is 31.2 Å². The lowest BCUT2D eigenvalue weighted by Crippen LogP contribution is -2.56. The van der Waals surface area contributed by atoms with E-state index >= 15 is 0 Å². The molecule has 3 saturated heterocycles. The molecule has 3 N–H and O–H groups in total. The molecule has 3 unspecified atom stereocenters. The van der Waals surface area contributed by atoms with Gasteiger partial charge in [-0.15, -0.1) is 0 Å². The molecule has 3 amide bonds. The number of aliphatic hydroxyl groups is 1. The fourth-order valence-electron chi connectivity index (χ4n) is 6.06. The van der Waals surface area contributed by atoms with Crippen molar-refractivity contribution in [2.75, 3.05) is 18.5 Å². The van der Waals surface area contributed by atoms with Crippen LogP contribution in [0.25, 0.3) is 0 Å². The van der Waals surface area contributed by atoms with Crippen molar-refractivity contribution >= 4 is 35.0 Å². The van der Waals surface area contributed by atoms with Crippen LogP contribution in [0, 0.1) is 17.8 Å². The van der Waals surface area contributed by atoms with Gasteiger partial charge in [0.2, 0.25) is 17.7 Å². The van der Waals surface area contributed by atoms with E-state index in [0.29, 0.717) is 23.7 Å². The molecule has 33 heavy (non-hydrogen) atoms. The van der Waals surface area contributed by atoms with Gasteiger partial charge in [0.05, 0.1) is 40.8 Å². The predicted molar refractivity (Wildman–Crippen MR) is 124 cm³/mol. The monoisotopic (exact) mass is 477 g/mol. The lowest BCUT2D eigenvalue weighted by molar-refractivity contribution is -0.148. The van der Waals surface area contributed by atoms with Gasteiger partial charge in [-0.1, -0.05) is 37.6 Å². The average Bonchev–Trinajstić information content (AvgIpc) is 3.30. The smallest absolute Gasteiger partial charge is 0.250 e. The number of ether oxygens (including phenoxy) is 1. The van der Waals surface area contributed by atoms with Gasteiger partial charge in [0.15, 0.2) is 0 Å². The largest absolute Gasteiger partial charge is 0.394 e. The third-order valence-corrected chi connectivity index (χ3v) is 8.03. The zero-order valence-electron chi connectivity index (χ0n) is 19.4. The number of hydrogen-bond donors (Lipinski definition) is 3. The van der Waals surface area contributed by atoms with E-state index in [1.165, 1.54) is 4.90 Å². The first-order valence-electron chi connectivity index (χ1n) is 11.6. The highest BCUT2D eigenvalue weighted by Gasteiger charge is 2.80. The van der Waals surface area contributed by atoms with Gasteiger partial charge in [-0.3, -0.25) is 14.4 Å². The molecule has 1 aromatic rings. The van der Waals surface area contributed by atoms with Crippen LogP contribution in [-0.4, -0.2) is 64.2 Å². The van der Waals surface area contributed by atoms with Crippen molar-refractivity contribution in [1.82, 2.24) is 10.2 Å². The van der Waals surface area contributed by atoms with Crippen LogP contribution in [0.3, 0.4) is 0 Å². The van der Waals surface area contributed by atoms with E-state index < -0.39 is 41.0 Å². The van der Waals surface area contributed by atoms with E-state index in [1.807, 2.05) is 20.8 Å². The fourth-order valence-corrected chi connectivity index (χ4v) is 6.24. The first kappa shape index (κ1) is 24.0. The van der Waals surface area contributed by atoms with Gasteiger partial charge in [0.1, 0.15) is 11.6 Å². The van der Waals surface area contributed by atoms with Crippen molar-refractivity contribution in [2.45, 2.75) is 63.8 Å². The summed E-state index contributed by atoms with van der Waals surface area (Å²) < 4.78 is 6.60. The number of rotatable bonds is 7. The maximum absolute atomic E-state index is 13.8. The second-order valence-electron chi connectivity index (χ2n) is 9.74. The van der Waals surface area contributed by atoms with Crippen molar-refractivity contribution < 1.29 is 24.2 Å². The predicted octanol–water partition coefficient (Wildman–Crippen LogP) is 2.20. The lowest BCUT2D eigenvalue weighted by Gasteiger charge is -2.36. The van der Waals surface area contributed by atoms with Crippen LogP contribution in [0.2, 0.25) is 5.02 Å². The Hall–Kier alpha value is -2.16. The molecule has 180 valence electrons. The molecule has 0 saturated carbocycles. The number of benzene rings is 1. The van der Waals surface area contributed by atoms with Crippen molar-refractivity contribution in [3.05, 3.63) is 29.3 Å². The van der Waals surface area contributed by atoms with Gasteiger partial charge < -0.3 is 25.4 Å². The molecule has 9 heteroatoms. The Morgan fingerprint density at radius 2 is 2.03 bits per heavy atom. The van der Waals surface area contributed by atoms with Crippen molar-refractivity contribution in [1.29, 1.82) is 0 Å². The number of aliphatic hydroxyl groups excluding tert-OH is 1. The van der Waals surface area contributed by atoms with Crippen LogP contribution < -0.4 is 10.6 Å².